The molecule has 0 saturated carbocycles. The first kappa shape index (κ1) is 21.1. The molecule has 3 rings (SSSR count). The Kier molecular flexibility index (Phi) is 6.01. The van der Waals surface area contributed by atoms with Crippen LogP contribution in [-0.4, -0.2) is 47.1 Å². The number of ether oxygens (including phenoxy) is 3. The number of aliphatic hydroxyl groups excluding tert-OH is 1. The summed E-state index contributed by atoms with van der Waals surface area (Å²) in [4.78, 5) is 24.0. The Bertz CT molecular complexity index is 670. The fourth-order valence-electron chi connectivity index (χ4n) is 4.76. The molecule has 3 heterocycles. The monoisotopic (exact) mass is 392 g/mol. The fourth-order valence-corrected chi connectivity index (χ4v) is 4.76. The molecule has 28 heavy (non-hydrogen) atoms. The normalized spacial score (nSPS) is 42.1. The molecule has 0 aliphatic carbocycles. The van der Waals surface area contributed by atoms with E-state index in [1.54, 1.807) is 0 Å². The topological polar surface area (TPSA) is 82.1 Å². The van der Waals surface area contributed by atoms with Crippen molar-refractivity contribution in [1.29, 1.82) is 0 Å². The Morgan fingerprint density at radius 1 is 1.32 bits per heavy atom. The highest BCUT2D eigenvalue weighted by atomic mass is 16.6. The maximum absolute atomic E-state index is 12.3. The third-order valence-electron chi connectivity index (χ3n) is 6.65. The zero-order valence-corrected chi connectivity index (χ0v) is 17.1. The Balaban J connectivity index is 1.93. The van der Waals surface area contributed by atoms with Crippen molar-refractivity contribution in [1.82, 2.24) is 0 Å². The van der Waals surface area contributed by atoms with Crippen molar-refractivity contribution in [2.45, 2.75) is 89.3 Å². The van der Waals surface area contributed by atoms with Crippen LogP contribution in [0.3, 0.4) is 0 Å². The molecule has 3 fully saturated rings. The summed E-state index contributed by atoms with van der Waals surface area (Å²) in [7, 11) is 0. The molecule has 0 radical (unpaired) electrons. The van der Waals surface area contributed by atoms with E-state index >= 15 is 0 Å². The van der Waals surface area contributed by atoms with Crippen molar-refractivity contribution in [3.63, 3.8) is 0 Å². The van der Waals surface area contributed by atoms with Gasteiger partial charge in [0.1, 0.15) is 12.2 Å². The zero-order chi connectivity index (χ0) is 20.6. The molecule has 0 spiro atoms. The van der Waals surface area contributed by atoms with Gasteiger partial charge in [0, 0.05) is 18.4 Å². The van der Waals surface area contributed by atoms with Gasteiger partial charge in [-0.05, 0) is 56.9 Å². The lowest BCUT2D eigenvalue weighted by molar-refractivity contribution is -0.166. The number of hydrogen-bond acceptors (Lipinski definition) is 6. The summed E-state index contributed by atoms with van der Waals surface area (Å²) in [6, 6.07) is 0. The number of aliphatic hydroxyl groups is 1. The molecule has 3 saturated heterocycles. The molecule has 0 aromatic heterocycles. The van der Waals surface area contributed by atoms with Crippen LogP contribution >= 0.6 is 0 Å². The molecule has 1 N–H and O–H groups in total. The van der Waals surface area contributed by atoms with Crippen LogP contribution in [0.5, 0.6) is 0 Å². The van der Waals surface area contributed by atoms with Crippen LogP contribution in [0.4, 0.5) is 0 Å². The van der Waals surface area contributed by atoms with E-state index in [2.05, 4.69) is 13.2 Å². The zero-order valence-electron chi connectivity index (χ0n) is 17.1. The second-order valence-corrected chi connectivity index (χ2v) is 8.81. The molecule has 3 aliphatic rings. The van der Waals surface area contributed by atoms with Gasteiger partial charge in [0.2, 0.25) is 0 Å². The summed E-state index contributed by atoms with van der Waals surface area (Å²) in [6.45, 7) is 13.4. The molecule has 6 heteroatoms. The molecular weight excluding hydrogens is 360 g/mol. The molecule has 0 aromatic carbocycles. The van der Waals surface area contributed by atoms with E-state index in [1.165, 1.54) is 6.92 Å². The third-order valence-corrected chi connectivity index (χ3v) is 6.65. The number of rotatable bonds is 1. The fraction of sp³-hybridized carbons (Fsp3) is 0.727. The first-order valence-corrected chi connectivity index (χ1v) is 10.2. The molecular formula is C22H32O6. The molecule has 3 aliphatic heterocycles. The minimum Gasteiger partial charge on any atom is -0.458 e. The summed E-state index contributed by atoms with van der Waals surface area (Å²) < 4.78 is 17.4. The van der Waals surface area contributed by atoms with Crippen LogP contribution in [0.1, 0.15) is 59.3 Å². The average Bonchev–Trinajstić information content (AvgIpc) is 3.15. The van der Waals surface area contributed by atoms with Crippen molar-refractivity contribution in [3.05, 3.63) is 24.3 Å². The molecule has 6 nitrogen and oxygen atoms in total. The van der Waals surface area contributed by atoms with Gasteiger partial charge in [-0.3, -0.25) is 4.79 Å². The van der Waals surface area contributed by atoms with E-state index in [4.69, 9.17) is 14.2 Å². The van der Waals surface area contributed by atoms with Crippen molar-refractivity contribution in [2.24, 2.45) is 11.8 Å². The van der Waals surface area contributed by atoms with Crippen LogP contribution in [0.2, 0.25) is 0 Å². The number of fused-ring (bicyclic) bond motifs is 3. The smallest absolute Gasteiger partial charge is 0.334 e. The number of esters is 2. The van der Waals surface area contributed by atoms with Gasteiger partial charge in [-0.1, -0.05) is 20.1 Å². The highest BCUT2D eigenvalue weighted by Crippen LogP contribution is 2.43. The van der Waals surface area contributed by atoms with Crippen molar-refractivity contribution < 1.29 is 28.9 Å². The highest BCUT2D eigenvalue weighted by molar-refractivity contribution is 5.91. The van der Waals surface area contributed by atoms with Gasteiger partial charge in [-0.2, -0.15) is 0 Å². The molecule has 7 atom stereocenters. The molecule has 156 valence electrons. The number of carbonyl (C=O) groups is 2. The number of carbonyl (C=O) groups excluding carboxylic acids is 2. The Morgan fingerprint density at radius 3 is 2.71 bits per heavy atom. The van der Waals surface area contributed by atoms with Crippen LogP contribution < -0.4 is 0 Å². The van der Waals surface area contributed by atoms with Crippen molar-refractivity contribution in [3.8, 4) is 0 Å². The van der Waals surface area contributed by atoms with E-state index in [0.29, 0.717) is 5.57 Å². The molecule has 2 bridgehead atoms. The summed E-state index contributed by atoms with van der Waals surface area (Å²) >= 11 is 0. The minimum absolute atomic E-state index is 0.00510. The summed E-state index contributed by atoms with van der Waals surface area (Å²) in [5, 5.41) is 11.0. The predicted octanol–water partition coefficient (Wildman–Crippen LogP) is 3.08. The second-order valence-electron chi connectivity index (χ2n) is 8.81. The van der Waals surface area contributed by atoms with Gasteiger partial charge in [-0.25, -0.2) is 4.79 Å². The standard InChI is InChI=1S/C22H32O6/c1-12-7-6-8-13(2)19(26-15(4)23)20-16(14(3)21(25)27-20)11-18(24)22(5)10-9-17(12)28-22/h13,16-20,24H,1,3,6-11H2,2,4-5H3/t13-,16-,17-,18+,19+,20+,22-/m0/s1. The predicted molar refractivity (Wildman–Crippen MR) is 103 cm³/mol. The number of hydrogen-bond donors (Lipinski definition) is 1. The first-order chi connectivity index (χ1) is 13.1. The van der Waals surface area contributed by atoms with Crippen molar-refractivity contribution >= 4 is 11.9 Å². The lowest BCUT2D eigenvalue weighted by Gasteiger charge is -2.35. The van der Waals surface area contributed by atoms with Crippen LogP contribution in [0.25, 0.3) is 0 Å². The van der Waals surface area contributed by atoms with Gasteiger partial charge in [0.15, 0.2) is 0 Å². The maximum atomic E-state index is 12.3. The van der Waals surface area contributed by atoms with Gasteiger partial charge in [-0.15, -0.1) is 0 Å². The first-order valence-electron chi connectivity index (χ1n) is 10.2. The second kappa shape index (κ2) is 7.99. The molecule has 0 aromatic rings. The Labute approximate surface area is 166 Å². The van der Waals surface area contributed by atoms with Gasteiger partial charge >= 0.3 is 11.9 Å². The van der Waals surface area contributed by atoms with Crippen LogP contribution in [-0.2, 0) is 23.8 Å². The summed E-state index contributed by atoms with van der Waals surface area (Å²) in [5.74, 6) is -1.32. The summed E-state index contributed by atoms with van der Waals surface area (Å²) in [6.07, 6.45) is 2.27. The Morgan fingerprint density at radius 2 is 2.04 bits per heavy atom. The van der Waals surface area contributed by atoms with E-state index in [9.17, 15) is 14.7 Å². The summed E-state index contributed by atoms with van der Waals surface area (Å²) in [5.41, 5.74) is 0.661. The van der Waals surface area contributed by atoms with Gasteiger partial charge in [0.25, 0.3) is 0 Å². The third kappa shape index (κ3) is 4.03. The minimum atomic E-state index is -0.793. The van der Waals surface area contributed by atoms with Crippen LogP contribution in [0.15, 0.2) is 24.3 Å². The average molecular weight is 392 g/mol. The largest absolute Gasteiger partial charge is 0.458 e. The Hall–Kier alpha value is -1.66. The van der Waals surface area contributed by atoms with E-state index in [1.807, 2.05) is 13.8 Å². The SMILES string of the molecule is C=C1CCC[C@H](C)[C@@H](OC(C)=O)[C@@H]2OC(=O)C(=C)[C@@H]2C[C@@H](O)[C@]2(C)CC[C@@H]1O2. The lowest BCUT2D eigenvalue weighted by atomic mass is 9.79. The highest BCUT2D eigenvalue weighted by Gasteiger charge is 2.50. The van der Waals surface area contributed by atoms with E-state index < -0.39 is 41.8 Å². The molecule has 0 amide bonds. The van der Waals surface area contributed by atoms with Crippen molar-refractivity contribution in [2.75, 3.05) is 0 Å². The van der Waals surface area contributed by atoms with E-state index in [0.717, 1.165) is 37.7 Å². The van der Waals surface area contributed by atoms with E-state index in [-0.39, 0.29) is 18.4 Å². The lowest BCUT2D eigenvalue weighted by Crippen LogP contribution is -2.45. The quantitative estimate of drug-likeness (QED) is 0.420. The van der Waals surface area contributed by atoms with Gasteiger partial charge < -0.3 is 19.3 Å². The van der Waals surface area contributed by atoms with Crippen LogP contribution in [0, 0.1) is 11.8 Å². The van der Waals surface area contributed by atoms with Gasteiger partial charge in [0.05, 0.1) is 17.8 Å². The maximum Gasteiger partial charge on any atom is 0.334 e. The molecule has 0 unspecified atom stereocenters.